The van der Waals surface area contributed by atoms with Gasteiger partial charge in [0.15, 0.2) is 0 Å². The minimum Gasteiger partial charge on any atom is -0.375 e. The predicted molar refractivity (Wildman–Crippen MR) is 103 cm³/mol. The maximum atomic E-state index is 12.5. The number of hydrogen-bond acceptors (Lipinski definition) is 6. The summed E-state index contributed by atoms with van der Waals surface area (Å²) in [6, 6.07) is 3.95. The molecule has 0 unspecified atom stereocenters. The van der Waals surface area contributed by atoms with Gasteiger partial charge in [-0.15, -0.1) is 11.3 Å². The number of thiazole rings is 1. The van der Waals surface area contributed by atoms with E-state index in [-0.39, 0.29) is 24.3 Å². The van der Waals surface area contributed by atoms with Crippen molar-refractivity contribution in [3.63, 3.8) is 0 Å². The van der Waals surface area contributed by atoms with Crippen LogP contribution < -0.4 is 5.32 Å². The summed E-state index contributed by atoms with van der Waals surface area (Å²) in [6.45, 7) is 3.54. The van der Waals surface area contributed by atoms with Crippen molar-refractivity contribution < 1.29 is 14.3 Å². The Morgan fingerprint density at radius 3 is 3.00 bits per heavy atom. The smallest absolute Gasteiger partial charge is 0.248 e. The zero-order valence-electron chi connectivity index (χ0n) is 15.6. The number of aryl methyl sites for hydroxylation is 1. The van der Waals surface area contributed by atoms with Gasteiger partial charge in [0.05, 0.1) is 18.2 Å². The molecule has 8 heteroatoms. The Hall–Kier alpha value is -2.32. The summed E-state index contributed by atoms with van der Waals surface area (Å²) in [5, 5.41) is 5.78. The number of nitrogens with one attached hydrogen (secondary N) is 1. The zero-order valence-corrected chi connectivity index (χ0v) is 16.4. The molecule has 0 aliphatic carbocycles. The minimum atomic E-state index is -0.180. The standard InChI is InChI=1S/C19H24N4O3S/c1-13-5-6-14(8-20-13)16-12-27-17(22-16)9-21-19(25)15-4-3-7-23(10-15)18(24)11-26-2/h5-6,8,12,15H,3-4,7,9-11H2,1-2H3,(H,21,25)/t15-/m0/s1. The first kappa shape index (κ1) is 19.4. The van der Waals surface area contributed by atoms with Crippen molar-refractivity contribution in [2.24, 2.45) is 5.92 Å². The fraction of sp³-hybridized carbons (Fsp3) is 0.474. The number of ether oxygens (including phenoxy) is 1. The highest BCUT2D eigenvalue weighted by molar-refractivity contribution is 7.09. The Bertz CT molecular complexity index is 791. The van der Waals surface area contributed by atoms with Crippen molar-refractivity contribution in [2.75, 3.05) is 26.8 Å². The monoisotopic (exact) mass is 388 g/mol. The number of rotatable bonds is 6. The number of piperidine rings is 1. The van der Waals surface area contributed by atoms with Crippen molar-refractivity contribution >= 4 is 23.2 Å². The number of aromatic nitrogens is 2. The Morgan fingerprint density at radius 1 is 1.41 bits per heavy atom. The molecule has 1 saturated heterocycles. The fourth-order valence-electron chi connectivity index (χ4n) is 3.08. The van der Waals surface area contributed by atoms with Crippen LogP contribution in [-0.4, -0.2) is 53.5 Å². The first-order chi connectivity index (χ1) is 13.1. The second-order valence-electron chi connectivity index (χ2n) is 6.64. The highest BCUT2D eigenvalue weighted by Gasteiger charge is 2.28. The average molecular weight is 388 g/mol. The molecule has 1 aliphatic heterocycles. The van der Waals surface area contributed by atoms with Gasteiger partial charge in [-0.05, 0) is 31.9 Å². The van der Waals surface area contributed by atoms with Crippen LogP contribution in [0.1, 0.15) is 23.5 Å². The third-order valence-electron chi connectivity index (χ3n) is 4.59. The number of likely N-dealkylation sites (tertiary alicyclic amines) is 1. The van der Waals surface area contributed by atoms with E-state index in [1.165, 1.54) is 18.4 Å². The highest BCUT2D eigenvalue weighted by atomic mass is 32.1. The van der Waals surface area contributed by atoms with E-state index >= 15 is 0 Å². The molecule has 2 aromatic rings. The third-order valence-corrected chi connectivity index (χ3v) is 5.43. The van der Waals surface area contributed by atoms with Crippen LogP contribution in [0.3, 0.4) is 0 Å². The SMILES string of the molecule is COCC(=O)N1CCC[C@H](C(=O)NCc2nc(-c3ccc(C)nc3)cs2)C1. The lowest BCUT2D eigenvalue weighted by atomic mass is 9.97. The number of methoxy groups -OCH3 is 1. The summed E-state index contributed by atoms with van der Waals surface area (Å²) in [5.41, 5.74) is 2.80. The van der Waals surface area contributed by atoms with E-state index < -0.39 is 0 Å². The third kappa shape index (κ3) is 5.11. The van der Waals surface area contributed by atoms with Crippen LogP contribution in [0.15, 0.2) is 23.7 Å². The molecule has 27 heavy (non-hydrogen) atoms. The maximum absolute atomic E-state index is 12.5. The van der Waals surface area contributed by atoms with Gasteiger partial charge in [-0.2, -0.15) is 0 Å². The van der Waals surface area contributed by atoms with E-state index in [2.05, 4.69) is 15.3 Å². The van der Waals surface area contributed by atoms with E-state index in [9.17, 15) is 9.59 Å². The van der Waals surface area contributed by atoms with E-state index in [1.807, 2.05) is 24.4 Å². The molecule has 0 bridgehead atoms. The highest BCUT2D eigenvalue weighted by Crippen LogP contribution is 2.22. The summed E-state index contributed by atoms with van der Waals surface area (Å²) in [7, 11) is 1.50. The van der Waals surface area contributed by atoms with E-state index in [4.69, 9.17) is 4.74 Å². The molecule has 0 spiro atoms. The van der Waals surface area contributed by atoms with Gasteiger partial charge in [0.25, 0.3) is 0 Å². The van der Waals surface area contributed by atoms with Gasteiger partial charge in [0.1, 0.15) is 11.6 Å². The van der Waals surface area contributed by atoms with Crippen LogP contribution in [0.4, 0.5) is 0 Å². The molecular formula is C19H24N4O3S. The number of carbonyl (C=O) groups is 2. The van der Waals surface area contributed by atoms with Crippen LogP contribution in [0.2, 0.25) is 0 Å². The number of pyridine rings is 1. The number of hydrogen-bond donors (Lipinski definition) is 1. The second-order valence-corrected chi connectivity index (χ2v) is 7.59. The molecule has 7 nitrogen and oxygen atoms in total. The zero-order chi connectivity index (χ0) is 19.2. The van der Waals surface area contributed by atoms with Crippen LogP contribution >= 0.6 is 11.3 Å². The summed E-state index contributed by atoms with van der Waals surface area (Å²) in [5.74, 6) is -0.273. The fourth-order valence-corrected chi connectivity index (χ4v) is 3.83. The summed E-state index contributed by atoms with van der Waals surface area (Å²) in [4.78, 5) is 35.0. The van der Waals surface area contributed by atoms with Crippen molar-refractivity contribution in [1.29, 1.82) is 0 Å². The van der Waals surface area contributed by atoms with Gasteiger partial charge in [0, 0.05) is 43.0 Å². The number of amides is 2. The van der Waals surface area contributed by atoms with Crippen molar-refractivity contribution in [1.82, 2.24) is 20.2 Å². The van der Waals surface area contributed by atoms with Gasteiger partial charge in [-0.25, -0.2) is 4.98 Å². The van der Waals surface area contributed by atoms with Crippen LogP contribution in [0.25, 0.3) is 11.3 Å². The normalized spacial score (nSPS) is 17.0. The molecular weight excluding hydrogens is 364 g/mol. The van der Waals surface area contributed by atoms with Crippen molar-refractivity contribution in [3.8, 4) is 11.3 Å². The molecule has 2 aromatic heterocycles. The van der Waals surface area contributed by atoms with Crippen LogP contribution in [0.5, 0.6) is 0 Å². The molecule has 1 N–H and O–H groups in total. The van der Waals surface area contributed by atoms with Crippen LogP contribution in [0, 0.1) is 12.8 Å². The summed E-state index contributed by atoms with van der Waals surface area (Å²) < 4.78 is 4.90. The van der Waals surface area contributed by atoms with Crippen molar-refractivity contribution in [3.05, 3.63) is 34.4 Å². The molecule has 3 rings (SSSR count). The Morgan fingerprint density at radius 2 is 2.26 bits per heavy atom. The summed E-state index contributed by atoms with van der Waals surface area (Å²) >= 11 is 1.51. The Labute approximate surface area is 162 Å². The molecule has 144 valence electrons. The van der Waals surface area contributed by atoms with Gasteiger partial charge in [-0.1, -0.05) is 0 Å². The summed E-state index contributed by atoms with van der Waals surface area (Å²) in [6.07, 6.45) is 3.43. The predicted octanol–water partition coefficient (Wildman–Crippen LogP) is 2.01. The largest absolute Gasteiger partial charge is 0.375 e. The lowest BCUT2D eigenvalue weighted by Crippen LogP contribution is -2.46. The van der Waals surface area contributed by atoms with E-state index in [0.29, 0.717) is 19.6 Å². The van der Waals surface area contributed by atoms with Gasteiger partial charge in [0.2, 0.25) is 11.8 Å². The van der Waals surface area contributed by atoms with E-state index in [1.54, 1.807) is 11.1 Å². The maximum Gasteiger partial charge on any atom is 0.248 e. The van der Waals surface area contributed by atoms with E-state index in [0.717, 1.165) is 34.8 Å². The number of nitrogens with zero attached hydrogens (tertiary/aromatic N) is 3. The molecule has 0 saturated carbocycles. The molecule has 1 atom stereocenters. The Kier molecular flexibility index (Phi) is 6.52. The minimum absolute atomic E-state index is 0.0290. The number of carbonyl (C=O) groups excluding carboxylic acids is 2. The van der Waals surface area contributed by atoms with Gasteiger partial charge in [-0.3, -0.25) is 14.6 Å². The first-order valence-corrected chi connectivity index (χ1v) is 9.86. The molecule has 2 amide bonds. The quantitative estimate of drug-likeness (QED) is 0.818. The average Bonchev–Trinajstić information content (AvgIpc) is 3.16. The van der Waals surface area contributed by atoms with Crippen molar-refractivity contribution in [2.45, 2.75) is 26.3 Å². The van der Waals surface area contributed by atoms with Gasteiger partial charge < -0.3 is 15.0 Å². The topological polar surface area (TPSA) is 84.4 Å². The molecule has 0 aromatic carbocycles. The molecule has 1 aliphatic rings. The lowest BCUT2D eigenvalue weighted by Gasteiger charge is -2.31. The van der Waals surface area contributed by atoms with Gasteiger partial charge >= 0.3 is 0 Å². The molecule has 0 radical (unpaired) electrons. The Balaban J connectivity index is 1.53. The second kappa shape index (κ2) is 9.05. The van der Waals surface area contributed by atoms with Crippen LogP contribution in [-0.2, 0) is 20.9 Å². The molecule has 3 heterocycles. The molecule has 1 fully saturated rings. The lowest BCUT2D eigenvalue weighted by molar-refractivity contribution is -0.139. The first-order valence-electron chi connectivity index (χ1n) is 8.98.